The average molecular weight is 286 g/mol. The summed E-state index contributed by atoms with van der Waals surface area (Å²) in [6, 6.07) is 10.0. The number of ether oxygens (including phenoxy) is 1. The molecule has 0 bridgehead atoms. The Hall–Kier alpha value is -1.68. The van der Waals surface area contributed by atoms with Crippen LogP contribution in [0.3, 0.4) is 0 Å². The summed E-state index contributed by atoms with van der Waals surface area (Å²) < 4.78 is 6.38. The smallest absolute Gasteiger partial charge is 0.130 e. The molecule has 1 N–H and O–H groups in total. The number of benzene rings is 1. The lowest BCUT2D eigenvalue weighted by molar-refractivity contribution is 0.303. The minimum atomic E-state index is 0.328. The zero-order valence-electron chi connectivity index (χ0n) is 11.7. The zero-order chi connectivity index (χ0) is 14.1. The normalized spacial score (nSPS) is 14.6. The summed E-state index contributed by atoms with van der Waals surface area (Å²) in [5.41, 5.74) is 2.11. The molecule has 1 aromatic carbocycles. The van der Waals surface area contributed by atoms with Crippen LogP contribution in [0.15, 0.2) is 30.3 Å². The molecular weight excluding hydrogens is 268 g/mol. The second-order valence-corrected chi connectivity index (χ2v) is 5.93. The molecule has 20 heavy (non-hydrogen) atoms. The predicted molar refractivity (Wildman–Crippen MR) is 82.6 cm³/mol. The van der Waals surface area contributed by atoms with Gasteiger partial charge in [-0.2, -0.15) is 0 Å². The molecule has 0 saturated heterocycles. The quantitative estimate of drug-likeness (QED) is 0.843. The van der Waals surface area contributed by atoms with Crippen molar-refractivity contribution in [2.75, 3.05) is 0 Å². The number of rotatable bonds is 4. The molecule has 1 aliphatic rings. The molecule has 1 saturated carbocycles. The van der Waals surface area contributed by atoms with Crippen LogP contribution in [0.5, 0.6) is 5.75 Å². The highest BCUT2D eigenvalue weighted by molar-refractivity contribution is 7.71. The SMILES string of the molecule is CC(C)c1nc(=S)cc(-c2ccc(OC3CC3)cc2)[nH]1. The summed E-state index contributed by atoms with van der Waals surface area (Å²) in [5.74, 6) is 2.19. The van der Waals surface area contributed by atoms with Crippen molar-refractivity contribution in [1.82, 2.24) is 9.97 Å². The van der Waals surface area contributed by atoms with Gasteiger partial charge in [-0.05, 0) is 48.7 Å². The van der Waals surface area contributed by atoms with E-state index in [1.165, 1.54) is 12.8 Å². The van der Waals surface area contributed by atoms with Crippen molar-refractivity contribution < 1.29 is 4.74 Å². The van der Waals surface area contributed by atoms with Crippen molar-refractivity contribution in [3.8, 4) is 17.0 Å². The van der Waals surface area contributed by atoms with Gasteiger partial charge in [-0.1, -0.05) is 26.1 Å². The Bertz CT molecular complexity index is 657. The van der Waals surface area contributed by atoms with E-state index in [1.807, 2.05) is 18.2 Å². The minimum Gasteiger partial charge on any atom is -0.490 e. The largest absolute Gasteiger partial charge is 0.490 e. The molecule has 2 aromatic rings. The Kier molecular flexibility index (Phi) is 3.57. The number of hydrogen-bond donors (Lipinski definition) is 1. The molecule has 4 heteroatoms. The molecule has 1 fully saturated rings. The van der Waals surface area contributed by atoms with Crippen LogP contribution in [-0.4, -0.2) is 16.1 Å². The van der Waals surface area contributed by atoms with Crippen molar-refractivity contribution in [3.63, 3.8) is 0 Å². The van der Waals surface area contributed by atoms with Crippen LogP contribution in [0.4, 0.5) is 0 Å². The van der Waals surface area contributed by atoms with Crippen molar-refractivity contribution in [1.29, 1.82) is 0 Å². The third-order valence-corrected chi connectivity index (χ3v) is 3.51. The molecule has 0 amide bonds. The molecule has 3 nitrogen and oxygen atoms in total. The lowest BCUT2D eigenvalue weighted by Crippen LogP contribution is -1.99. The van der Waals surface area contributed by atoms with Crippen LogP contribution in [0, 0.1) is 4.64 Å². The van der Waals surface area contributed by atoms with Gasteiger partial charge in [-0.3, -0.25) is 0 Å². The van der Waals surface area contributed by atoms with Crippen LogP contribution in [0.25, 0.3) is 11.3 Å². The fraction of sp³-hybridized carbons (Fsp3) is 0.375. The first-order valence-electron chi connectivity index (χ1n) is 7.00. The Labute approximate surface area is 124 Å². The highest BCUT2D eigenvalue weighted by Gasteiger charge is 2.23. The molecular formula is C16H18N2OS. The van der Waals surface area contributed by atoms with Gasteiger partial charge in [-0.25, -0.2) is 4.98 Å². The first-order valence-corrected chi connectivity index (χ1v) is 7.41. The van der Waals surface area contributed by atoms with E-state index in [9.17, 15) is 0 Å². The molecule has 0 atom stereocenters. The monoisotopic (exact) mass is 286 g/mol. The molecule has 104 valence electrons. The standard InChI is InChI=1S/C16H18N2OS/c1-10(2)16-17-14(9-15(20)18-16)11-3-5-12(6-4-11)19-13-7-8-13/h3-6,9-10,13H,7-8H2,1-2H3,(H,17,18,20). The second-order valence-electron chi connectivity index (χ2n) is 5.51. The van der Waals surface area contributed by atoms with Crippen LogP contribution >= 0.6 is 12.2 Å². The predicted octanol–water partition coefficient (Wildman–Crippen LogP) is 4.47. The fourth-order valence-corrected chi connectivity index (χ4v) is 2.21. The number of aromatic nitrogens is 2. The summed E-state index contributed by atoms with van der Waals surface area (Å²) in [7, 11) is 0. The van der Waals surface area contributed by atoms with Crippen molar-refractivity contribution >= 4 is 12.2 Å². The summed E-state index contributed by atoms with van der Waals surface area (Å²) in [5, 5.41) is 0. The van der Waals surface area contributed by atoms with E-state index in [4.69, 9.17) is 17.0 Å². The van der Waals surface area contributed by atoms with Crippen LogP contribution < -0.4 is 4.74 Å². The van der Waals surface area contributed by atoms with Crippen LogP contribution in [0.2, 0.25) is 0 Å². The first kappa shape index (κ1) is 13.3. The Morgan fingerprint density at radius 3 is 2.55 bits per heavy atom. The molecule has 0 unspecified atom stereocenters. The maximum atomic E-state index is 5.76. The Morgan fingerprint density at radius 1 is 1.25 bits per heavy atom. The number of H-pyrrole nitrogens is 1. The van der Waals surface area contributed by atoms with Crippen molar-refractivity contribution in [2.24, 2.45) is 0 Å². The van der Waals surface area contributed by atoms with E-state index in [1.54, 1.807) is 0 Å². The van der Waals surface area contributed by atoms with Gasteiger partial charge in [0.15, 0.2) is 0 Å². The highest BCUT2D eigenvalue weighted by Crippen LogP contribution is 2.28. The van der Waals surface area contributed by atoms with Crippen LogP contribution in [0.1, 0.15) is 38.4 Å². The third-order valence-electron chi connectivity index (χ3n) is 3.30. The molecule has 0 radical (unpaired) electrons. The Morgan fingerprint density at radius 2 is 1.95 bits per heavy atom. The average Bonchev–Trinajstić information content (AvgIpc) is 3.23. The van der Waals surface area contributed by atoms with Gasteiger partial charge in [-0.15, -0.1) is 0 Å². The summed E-state index contributed by atoms with van der Waals surface area (Å²) in [6.45, 7) is 4.20. The molecule has 1 aromatic heterocycles. The highest BCUT2D eigenvalue weighted by atomic mass is 32.1. The number of nitrogens with zero attached hydrogens (tertiary/aromatic N) is 1. The Balaban J connectivity index is 1.89. The van der Waals surface area contributed by atoms with E-state index >= 15 is 0 Å². The van der Waals surface area contributed by atoms with E-state index < -0.39 is 0 Å². The number of aromatic amines is 1. The van der Waals surface area contributed by atoms with Crippen molar-refractivity contribution in [3.05, 3.63) is 40.8 Å². The van der Waals surface area contributed by atoms with Gasteiger partial charge < -0.3 is 9.72 Å². The third kappa shape index (κ3) is 3.07. The molecule has 1 heterocycles. The minimum absolute atomic E-state index is 0.328. The lowest BCUT2D eigenvalue weighted by Gasteiger charge is -2.09. The van der Waals surface area contributed by atoms with E-state index in [0.29, 0.717) is 16.7 Å². The van der Waals surface area contributed by atoms with Gasteiger partial charge in [0.2, 0.25) is 0 Å². The van der Waals surface area contributed by atoms with Crippen LogP contribution in [-0.2, 0) is 0 Å². The second kappa shape index (κ2) is 5.37. The van der Waals surface area contributed by atoms with E-state index in [-0.39, 0.29) is 0 Å². The lowest BCUT2D eigenvalue weighted by atomic mass is 10.1. The summed E-state index contributed by atoms with van der Waals surface area (Å²) in [4.78, 5) is 7.71. The van der Waals surface area contributed by atoms with Crippen molar-refractivity contribution in [2.45, 2.75) is 38.7 Å². The molecule has 0 aliphatic heterocycles. The summed E-state index contributed by atoms with van der Waals surface area (Å²) >= 11 is 5.24. The van der Waals surface area contributed by atoms with Gasteiger partial charge >= 0.3 is 0 Å². The number of nitrogens with one attached hydrogen (secondary N) is 1. The summed E-state index contributed by atoms with van der Waals surface area (Å²) in [6.07, 6.45) is 2.79. The van der Waals surface area contributed by atoms with E-state index in [0.717, 1.165) is 22.8 Å². The number of hydrogen-bond acceptors (Lipinski definition) is 3. The van der Waals surface area contributed by atoms with E-state index in [2.05, 4.69) is 35.9 Å². The molecule has 1 aliphatic carbocycles. The first-order chi connectivity index (χ1) is 9.61. The van der Waals surface area contributed by atoms with Gasteiger partial charge in [0.25, 0.3) is 0 Å². The van der Waals surface area contributed by atoms with Gasteiger partial charge in [0.05, 0.1) is 6.10 Å². The van der Waals surface area contributed by atoms with Gasteiger partial charge in [0, 0.05) is 11.6 Å². The molecule has 0 spiro atoms. The topological polar surface area (TPSA) is 37.9 Å². The maximum absolute atomic E-state index is 5.76. The maximum Gasteiger partial charge on any atom is 0.130 e. The fourth-order valence-electron chi connectivity index (χ4n) is 2.00. The zero-order valence-corrected chi connectivity index (χ0v) is 12.5. The molecule has 3 rings (SSSR count). The van der Waals surface area contributed by atoms with Gasteiger partial charge in [0.1, 0.15) is 16.2 Å².